The van der Waals surface area contributed by atoms with Crippen molar-refractivity contribution in [3.63, 3.8) is 0 Å². The van der Waals surface area contributed by atoms with E-state index in [9.17, 15) is 18.5 Å². The van der Waals surface area contributed by atoms with E-state index in [1.165, 1.54) is 28.6 Å². The molecular weight excluding hydrogens is 366 g/mol. The van der Waals surface area contributed by atoms with Crippen LogP contribution in [0.2, 0.25) is 0 Å². The summed E-state index contributed by atoms with van der Waals surface area (Å²) in [5, 5.41) is 14.7. The third kappa shape index (κ3) is 3.08. The zero-order valence-corrected chi connectivity index (χ0v) is 15.6. The molecule has 2 aromatic rings. The molecule has 0 radical (unpaired) electrons. The van der Waals surface area contributed by atoms with Gasteiger partial charge in [-0.15, -0.1) is 0 Å². The minimum Gasteiger partial charge on any atom is -0.317 e. The maximum absolute atomic E-state index is 13.4. The van der Waals surface area contributed by atoms with Crippen molar-refractivity contribution in [2.24, 2.45) is 5.92 Å². The van der Waals surface area contributed by atoms with Crippen LogP contribution in [0.1, 0.15) is 24.3 Å². The third-order valence-electron chi connectivity index (χ3n) is 5.55. The Balaban J connectivity index is 1.77. The normalized spacial score (nSPS) is 20.4. The van der Waals surface area contributed by atoms with Crippen LogP contribution in [-0.2, 0) is 10.0 Å². The lowest BCUT2D eigenvalue weighted by Crippen LogP contribution is -2.35. The molecule has 7 nitrogen and oxygen atoms in total. The van der Waals surface area contributed by atoms with Crippen molar-refractivity contribution in [1.29, 1.82) is 0 Å². The number of hydrogen-bond donors (Lipinski definition) is 1. The maximum atomic E-state index is 13.4. The average Bonchev–Trinajstić information content (AvgIpc) is 3.09. The molecule has 142 valence electrons. The van der Waals surface area contributed by atoms with Crippen molar-refractivity contribution in [3.05, 3.63) is 64.2 Å². The van der Waals surface area contributed by atoms with E-state index in [2.05, 4.69) is 5.32 Å². The Kier molecular flexibility index (Phi) is 4.61. The highest BCUT2D eigenvalue weighted by Gasteiger charge is 2.41. The summed E-state index contributed by atoms with van der Waals surface area (Å²) in [6, 6.07) is 13.1. The summed E-state index contributed by atoms with van der Waals surface area (Å²) in [5.41, 5.74) is 1.27. The zero-order chi connectivity index (χ0) is 19.0. The third-order valence-corrected chi connectivity index (χ3v) is 7.38. The smallest absolute Gasteiger partial charge is 0.289 e. The standard InChI is InChI=1S/C19H21N3O4S/c23-22(24)18-7-3-4-8-19(18)27(25,26)21-13-16(14-9-11-20-12-10-14)15-5-1-2-6-17(15)21/h1-8,14,16,20H,9-13H2. The van der Waals surface area contributed by atoms with Gasteiger partial charge in [0.05, 0.1) is 10.6 Å². The first-order chi connectivity index (χ1) is 13.0. The Hall–Kier alpha value is -2.45. The monoisotopic (exact) mass is 387 g/mol. The first kappa shape index (κ1) is 17.9. The highest BCUT2D eigenvalue weighted by molar-refractivity contribution is 7.93. The molecule has 0 spiro atoms. The molecule has 0 aliphatic carbocycles. The molecule has 1 atom stereocenters. The van der Waals surface area contributed by atoms with Gasteiger partial charge in [0, 0.05) is 18.5 Å². The molecule has 27 heavy (non-hydrogen) atoms. The molecule has 4 rings (SSSR count). The maximum Gasteiger partial charge on any atom is 0.289 e. The van der Waals surface area contributed by atoms with Crippen LogP contribution in [0.25, 0.3) is 0 Å². The Morgan fingerprint density at radius 1 is 1.04 bits per heavy atom. The Morgan fingerprint density at radius 2 is 1.70 bits per heavy atom. The van der Waals surface area contributed by atoms with Gasteiger partial charge >= 0.3 is 0 Å². The van der Waals surface area contributed by atoms with Crippen LogP contribution in [0.5, 0.6) is 0 Å². The van der Waals surface area contributed by atoms with Crippen molar-refractivity contribution in [2.45, 2.75) is 23.7 Å². The number of nitrogens with zero attached hydrogens (tertiary/aromatic N) is 2. The van der Waals surface area contributed by atoms with Crippen LogP contribution in [0.3, 0.4) is 0 Å². The fraction of sp³-hybridized carbons (Fsp3) is 0.368. The molecule has 2 heterocycles. The Morgan fingerprint density at radius 3 is 2.44 bits per heavy atom. The molecule has 0 amide bonds. The molecule has 1 saturated heterocycles. The number of anilines is 1. The summed E-state index contributed by atoms with van der Waals surface area (Å²) in [7, 11) is -4.02. The lowest BCUT2D eigenvalue weighted by atomic mass is 9.82. The van der Waals surface area contributed by atoms with E-state index in [0.29, 0.717) is 18.2 Å². The molecule has 0 bridgehead atoms. The van der Waals surface area contributed by atoms with E-state index < -0.39 is 14.9 Å². The average molecular weight is 387 g/mol. The van der Waals surface area contributed by atoms with Gasteiger partial charge in [-0.2, -0.15) is 0 Å². The molecule has 2 aromatic carbocycles. The van der Waals surface area contributed by atoms with Gasteiger partial charge in [0.1, 0.15) is 0 Å². The summed E-state index contributed by atoms with van der Waals surface area (Å²) in [6.07, 6.45) is 2.00. The molecule has 1 N–H and O–H groups in total. The van der Waals surface area contributed by atoms with Gasteiger partial charge in [0.25, 0.3) is 15.7 Å². The molecule has 0 saturated carbocycles. The first-order valence-corrected chi connectivity index (χ1v) is 10.5. The van der Waals surface area contributed by atoms with Gasteiger partial charge in [-0.25, -0.2) is 8.42 Å². The van der Waals surface area contributed by atoms with Crippen LogP contribution in [0.15, 0.2) is 53.4 Å². The number of sulfonamides is 1. The van der Waals surface area contributed by atoms with Crippen molar-refractivity contribution < 1.29 is 13.3 Å². The van der Waals surface area contributed by atoms with E-state index in [1.807, 2.05) is 18.2 Å². The number of fused-ring (bicyclic) bond motifs is 1. The van der Waals surface area contributed by atoms with E-state index >= 15 is 0 Å². The highest BCUT2D eigenvalue weighted by atomic mass is 32.2. The second kappa shape index (κ2) is 6.94. The quantitative estimate of drug-likeness (QED) is 0.643. The summed E-state index contributed by atoms with van der Waals surface area (Å²) < 4.78 is 28.1. The Labute approximate surface area is 158 Å². The molecular formula is C19H21N3O4S. The van der Waals surface area contributed by atoms with Crippen LogP contribution >= 0.6 is 0 Å². The van der Waals surface area contributed by atoms with E-state index in [4.69, 9.17) is 0 Å². The molecule has 1 unspecified atom stereocenters. The van der Waals surface area contributed by atoms with E-state index in [1.54, 1.807) is 6.07 Å². The van der Waals surface area contributed by atoms with E-state index in [0.717, 1.165) is 31.5 Å². The summed E-state index contributed by atoms with van der Waals surface area (Å²) >= 11 is 0. The predicted molar refractivity (Wildman–Crippen MR) is 102 cm³/mol. The predicted octanol–water partition coefficient (Wildman–Crippen LogP) is 2.89. The van der Waals surface area contributed by atoms with Gasteiger partial charge in [-0.05, 0) is 49.5 Å². The molecule has 8 heteroatoms. The van der Waals surface area contributed by atoms with Crippen LogP contribution in [-0.4, -0.2) is 33.0 Å². The van der Waals surface area contributed by atoms with Crippen LogP contribution in [0, 0.1) is 16.0 Å². The number of hydrogen-bond acceptors (Lipinski definition) is 5. The number of rotatable bonds is 4. The fourth-order valence-electron chi connectivity index (χ4n) is 4.23. The fourth-order valence-corrected chi connectivity index (χ4v) is 5.90. The number of piperidine rings is 1. The SMILES string of the molecule is O=[N+]([O-])c1ccccc1S(=O)(=O)N1CC(C2CCNCC2)c2ccccc21. The van der Waals surface area contributed by atoms with Gasteiger partial charge < -0.3 is 5.32 Å². The van der Waals surface area contributed by atoms with Crippen molar-refractivity contribution >= 4 is 21.4 Å². The summed E-state index contributed by atoms with van der Waals surface area (Å²) in [6.45, 7) is 2.19. The second-order valence-corrected chi connectivity index (χ2v) is 8.84. The van der Waals surface area contributed by atoms with Crippen molar-refractivity contribution in [3.8, 4) is 0 Å². The second-order valence-electron chi connectivity index (χ2n) is 7.01. The molecule has 2 aliphatic rings. The summed E-state index contributed by atoms with van der Waals surface area (Å²) in [4.78, 5) is 10.5. The van der Waals surface area contributed by atoms with Crippen molar-refractivity contribution in [2.75, 3.05) is 23.9 Å². The van der Waals surface area contributed by atoms with Gasteiger partial charge in [0.2, 0.25) is 0 Å². The zero-order valence-electron chi connectivity index (χ0n) is 14.7. The van der Waals surface area contributed by atoms with E-state index in [-0.39, 0.29) is 16.5 Å². The van der Waals surface area contributed by atoms with Gasteiger partial charge in [0.15, 0.2) is 4.90 Å². The summed E-state index contributed by atoms with van der Waals surface area (Å²) in [5.74, 6) is 0.513. The van der Waals surface area contributed by atoms with Gasteiger partial charge in [-0.1, -0.05) is 30.3 Å². The lowest BCUT2D eigenvalue weighted by Gasteiger charge is -2.28. The highest BCUT2D eigenvalue weighted by Crippen LogP contribution is 2.45. The van der Waals surface area contributed by atoms with Crippen LogP contribution in [0.4, 0.5) is 11.4 Å². The Bertz CT molecular complexity index is 970. The lowest BCUT2D eigenvalue weighted by molar-refractivity contribution is -0.387. The molecule has 1 fully saturated rings. The number of nitro benzene ring substituents is 1. The van der Waals surface area contributed by atoms with Crippen LogP contribution < -0.4 is 9.62 Å². The minimum atomic E-state index is -4.02. The topological polar surface area (TPSA) is 92.5 Å². The minimum absolute atomic E-state index is 0.112. The number of nitro groups is 1. The van der Waals surface area contributed by atoms with Crippen molar-refractivity contribution in [1.82, 2.24) is 5.32 Å². The number of benzene rings is 2. The molecule has 2 aliphatic heterocycles. The van der Waals surface area contributed by atoms with Gasteiger partial charge in [-0.3, -0.25) is 14.4 Å². The number of nitrogens with one attached hydrogen (secondary N) is 1. The molecule has 0 aromatic heterocycles. The largest absolute Gasteiger partial charge is 0.317 e. The number of para-hydroxylation sites is 2. The first-order valence-electron chi connectivity index (χ1n) is 9.06.